The van der Waals surface area contributed by atoms with E-state index < -0.39 is 58.3 Å². The van der Waals surface area contributed by atoms with Gasteiger partial charge < -0.3 is 24.9 Å². The van der Waals surface area contributed by atoms with Gasteiger partial charge >= 0.3 is 21.8 Å². The van der Waals surface area contributed by atoms with Crippen molar-refractivity contribution in [3.05, 3.63) is 45.3 Å². The highest BCUT2D eigenvalue weighted by Gasteiger charge is 2.38. The van der Waals surface area contributed by atoms with Gasteiger partial charge in [-0.3, -0.25) is 28.2 Å². The fraction of sp³-hybridized carbons (Fsp3) is 0.400. The van der Waals surface area contributed by atoms with Crippen LogP contribution in [0.1, 0.15) is 18.2 Å². The molecule has 0 bridgehead atoms. The van der Waals surface area contributed by atoms with Crippen LogP contribution in [0.5, 0.6) is 0 Å². The first-order valence-electron chi connectivity index (χ1n) is 8.50. The molecular weight excluding hydrogens is 460 g/mol. The van der Waals surface area contributed by atoms with Gasteiger partial charge in [0.25, 0.3) is 5.56 Å². The number of H-pyrrole nitrogens is 1. The van der Waals surface area contributed by atoms with E-state index in [9.17, 15) is 33.5 Å². The van der Waals surface area contributed by atoms with E-state index >= 15 is 0 Å². The summed E-state index contributed by atoms with van der Waals surface area (Å²) >= 11 is 0. The highest BCUT2D eigenvalue weighted by molar-refractivity contribution is 7.55. The summed E-state index contributed by atoms with van der Waals surface area (Å²) in [5, 5.41) is 12.5. The first-order chi connectivity index (χ1) is 14.5. The summed E-state index contributed by atoms with van der Waals surface area (Å²) in [6.07, 6.45) is -1.50. The van der Waals surface area contributed by atoms with Gasteiger partial charge in [0.1, 0.15) is 17.9 Å². The molecule has 170 valence electrons. The molecule has 2 heterocycles. The zero-order valence-corrected chi connectivity index (χ0v) is 17.6. The quantitative estimate of drug-likeness (QED) is 0.162. The maximum atomic E-state index is 12.1. The van der Waals surface area contributed by atoms with Crippen molar-refractivity contribution < 1.29 is 42.4 Å². The molecule has 31 heavy (non-hydrogen) atoms. The zero-order chi connectivity index (χ0) is 23.2. The van der Waals surface area contributed by atoms with E-state index in [0.29, 0.717) is 0 Å². The minimum absolute atomic E-state index is 0.0785. The van der Waals surface area contributed by atoms with Gasteiger partial charge in [0.15, 0.2) is 0 Å². The number of rotatable bonds is 8. The molecule has 0 spiro atoms. The third-order valence-corrected chi connectivity index (χ3v) is 5.86. The molecule has 0 aromatic carbocycles. The number of ether oxygens (including phenoxy) is 1. The lowest BCUT2D eigenvalue weighted by Gasteiger charge is -2.17. The molecule has 5 N–H and O–H groups in total. The molecule has 16 heteroatoms. The van der Waals surface area contributed by atoms with Crippen molar-refractivity contribution in [3.63, 3.8) is 0 Å². The summed E-state index contributed by atoms with van der Waals surface area (Å²) in [6, 6.07) is 0. The summed E-state index contributed by atoms with van der Waals surface area (Å²) in [6.45, 7) is 2.51. The van der Waals surface area contributed by atoms with Crippen LogP contribution in [0.2, 0.25) is 0 Å². The molecular formula is C15H19N3O11P2. The van der Waals surface area contributed by atoms with E-state index in [1.807, 2.05) is 4.98 Å². The molecule has 0 radical (unpaired) electrons. The van der Waals surface area contributed by atoms with Crippen molar-refractivity contribution in [2.45, 2.75) is 24.9 Å². The van der Waals surface area contributed by atoms with Crippen molar-refractivity contribution in [2.24, 2.45) is 0 Å². The first kappa shape index (κ1) is 24.9. The zero-order valence-electron chi connectivity index (χ0n) is 15.7. The second kappa shape index (κ2) is 10.8. The maximum Gasteiger partial charge on any atom is 0.479 e. The molecule has 1 aliphatic rings. The molecule has 2 rings (SSSR count). The molecule has 1 amide bonds. The Morgan fingerprint density at radius 2 is 2.26 bits per heavy atom. The molecule has 1 aliphatic heterocycles. The predicted octanol–water partition coefficient (Wildman–Crippen LogP) is -1.65. The molecule has 3 unspecified atom stereocenters. The average molecular weight is 479 g/mol. The topological polar surface area (TPSA) is 206 Å². The second-order valence-electron chi connectivity index (χ2n) is 5.99. The van der Waals surface area contributed by atoms with Crippen LogP contribution in [0, 0.1) is 11.8 Å². The van der Waals surface area contributed by atoms with E-state index in [1.54, 1.807) is 0 Å². The number of carbonyl (C=O) groups excluding carboxylic acids is 1. The van der Waals surface area contributed by atoms with E-state index in [4.69, 9.17) is 9.63 Å². The number of hydrogen-bond donors (Lipinski definition) is 5. The first-order valence-corrected chi connectivity index (χ1v) is 11.3. The van der Waals surface area contributed by atoms with E-state index in [1.165, 1.54) is 0 Å². The summed E-state index contributed by atoms with van der Waals surface area (Å²) in [5.74, 6) is 4.55. The fourth-order valence-electron chi connectivity index (χ4n) is 2.46. The monoisotopic (exact) mass is 479 g/mol. The smallest absolute Gasteiger partial charge is 0.390 e. The van der Waals surface area contributed by atoms with Crippen molar-refractivity contribution in [2.75, 3.05) is 13.2 Å². The largest absolute Gasteiger partial charge is 0.479 e. The van der Waals surface area contributed by atoms with Crippen LogP contribution in [0.25, 0.3) is 0 Å². The van der Waals surface area contributed by atoms with Gasteiger partial charge in [0.05, 0.1) is 19.3 Å². The molecule has 0 saturated carbocycles. The predicted molar refractivity (Wildman–Crippen MR) is 104 cm³/mol. The van der Waals surface area contributed by atoms with E-state index in [0.717, 1.165) is 16.8 Å². The lowest BCUT2D eigenvalue weighted by molar-refractivity contribution is -0.116. The number of aromatic amines is 1. The van der Waals surface area contributed by atoms with Crippen LogP contribution in [0.4, 0.5) is 0 Å². The average Bonchev–Trinajstić information content (AvgIpc) is 3.04. The van der Waals surface area contributed by atoms with Crippen LogP contribution in [-0.4, -0.2) is 55.7 Å². The Morgan fingerprint density at radius 1 is 1.55 bits per heavy atom. The van der Waals surface area contributed by atoms with Gasteiger partial charge in [-0.1, -0.05) is 18.4 Å². The van der Waals surface area contributed by atoms with Gasteiger partial charge in [-0.25, -0.2) is 13.7 Å². The van der Waals surface area contributed by atoms with Gasteiger partial charge in [-0.05, 0) is 6.08 Å². The number of phosphoric ester groups is 1. The highest BCUT2D eigenvalue weighted by Crippen LogP contribution is 2.51. The van der Waals surface area contributed by atoms with Crippen LogP contribution in [0.15, 0.2) is 28.4 Å². The second-order valence-corrected chi connectivity index (χ2v) is 8.44. The minimum atomic E-state index is -4.85. The third kappa shape index (κ3) is 7.39. The molecule has 5 atom stereocenters. The number of nitrogens with zero attached hydrogens (tertiary/aromatic N) is 1. The highest BCUT2D eigenvalue weighted by atomic mass is 31.2. The molecule has 0 aliphatic carbocycles. The lowest BCUT2D eigenvalue weighted by Crippen LogP contribution is -2.33. The minimum Gasteiger partial charge on any atom is -0.390 e. The van der Waals surface area contributed by atoms with Crippen LogP contribution in [0.3, 0.4) is 0 Å². The molecule has 1 aromatic rings. The molecule has 1 saturated heterocycles. The summed E-state index contributed by atoms with van der Waals surface area (Å²) in [5.41, 5.74) is -1.75. The summed E-state index contributed by atoms with van der Waals surface area (Å²) in [4.78, 5) is 55.0. The SMILES string of the molecule is C=CC(=O)NCC#Cc1cn([C@H]2C[C@H](O)C(COP(=O)(O)O[PH](=O)O)O2)c(=O)[nH]c1=O. The van der Waals surface area contributed by atoms with Crippen molar-refractivity contribution >= 4 is 22.0 Å². The van der Waals surface area contributed by atoms with Gasteiger partial charge in [0, 0.05) is 12.6 Å². The number of amides is 1. The Hall–Kier alpha value is -2.33. The molecule has 1 aromatic heterocycles. The molecule has 1 fully saturated rings. The van der Waals surface area contributed by atoms with Gasteiger partial charge in [-0.15, -0.1) is 0 Å². The van der Waals surface area contributed by atoms with Crippen molar-refractivity contribution in [1.82, 2.24) is 14.9 Å². The number of carbonyl (C=O) groups is 1. The summed E-state index contributed by atoms with van der Waals surface area (Å²) in [7, 11) is -8.59. The van der Waals surface area contributed by atoms with Crippen molar-refractivity contribution in [3.8, 4) is 11.8 Å². The maximum absolute atomic E-state index is 12.1. The normalized spacial score (nSPS) is 23.3. The standard InChI is InChI=1S/C15H19N3O11P2/c1-2-12(20)16-5-3-4-9-7-18(15(22)17-14(9)21)13-6-10(19)11(28-13)8-27-31(25,26)29-30(23)24/h2,7,10-11,13,19,30H,1,5-6,8H2,(H,16,20)(H,23,24)(H,25,26)(H,17,21,22)/t10-,11?,13+/m0/s1. The number of phosphoric acid groups is 1. The Bertz CT molecular complexity index is 1090. The van der Waals surface area contributed by atoms with E-state index in [-0.39, 0.29) is 18.5 Å². The van der Waals surface area contributed by atoms with Crippen LogP contribution < -0.4 is 16.6 Å². The van der Waals surface area contributed by atoms with Crippen molar-refractivity contribution in [1.29, 1.82) is 0 Å². The number of aliphatic hydroxyl groups excluding tert-OH is 1. The fourth-order valence-corrected chi connectivity index (χ4v) is 3.80. The Labute approximate surface area is 175 Å². The number of aliphatic hydroxyl groups is 1. The number of aromatic nitrogens is 2. The van der Waals surface area contributed by atoms with Crippen LogP contribution in [-0.2, 0) is 27.5 Å². The Balaban J connectivity index is 2.11. The van der Waals surface area contributed by atoms with E-state index in [2.05, 4.69) is 32.6 Å². The Kier molecular flexibility index (Phi) is 8.69. The summed E-state index contributed by atoms with van der Waals surface area (Å²) < 4.78 is 36.8. The number of nitrogens with one attached hydrogen (secondary N) is 2. The number of hydrogen-bond acceptors (Lipinski definition) is 9. The van der Waals surface area contributed by atoms with Gasteiger partial charge in [0.2, 0.25) is 5.91 Å². The van der Waals surface area contributed by atoms with Crippen LogP contribution >= 0.6 is 16.1 Å². The lowest BCUT2D eigenvalue weighted by atomic mass is 10.2. The third-order valence-electron chi connectivity index (χ3n) is 3.84. The molecule has 14 nitrogen and oxygen atoms in total. The van der Waals surface area contributed by atoms with Gasteiger partial charge in [-0.2, -0.15) is 0 Å². The Morgan fingerprint density at radius 3 is 2.90 bits per heavy atom.